The number of ketones is 1. The maximum Gasteiger partial charge on any atom is 0.295 e. The standard InChI is InChI=1S/C27H27FN4O4/c1-18-22(17-29-32(18)21-8-3-2-4-9-21)25(33)23-24(19-6-5-7-20(28)16-19)31(27(35)26(23)34)11-10-30-12-14-36-15-13-30/h2-9,16-17,24,33H,10-15H2,1H3/b25-23+/t24-/m1/s1. The zero-order valence-electron chi connectivity index (χ0n) is 19.9. The van der Waals surface area contributed by atoms with E-state index in [9.17, 15) is 19.1 Å². The molecule has 1 amide bonds. The molecule has 0 radical (unpaired) electrons. The number of rotatable bonds is 6. The highest BCUT2D eigenvalue weighted by Gasteiger charge is 2.46. The number of nitrogens with zero attached hydrogens (tertiary/aromatic N) is 4. The predicted octanol–water partition coefficient (Wildman–Crippen LogP) is 3.07. The summed E-state index contributed by atoms with van der Waals surface area (Å²) in [6, 6.07) is 14.3. The lowest BCUT2D eigenvalue weighted by Crippen LogP contribution is -2.42. The maximum atomic E-state index is 14.2. The van der Waals surface area contributed by atoms with Crippen molar-refractivity contribution in [3.05, 3.63) is 89.0 Å². The number of hydrogen-bond acceptors (Lipinski definition) is 6. The number of ether oxygens (including phenoxy) is 1. The zero-order valence-corrected chi connectivity index (χ0v) is 19.9. The Bertz CT molecular complexity index is 1310. The first-order chi connectivity index (χ1) is 17.5. The van der Waals surface area contributed by atoms with Crippen molar-refractivity contribution < 1.29 is 23.8 Å². The number of morpholine rings is 1. The smallest absolute Gasteiger partial charge is 0.295 e. The molecule has 0 bridgehead atoms. The van der Waals surface area contributed by atoms with Crippen LogP contribution in [0, 0.1) is 12.7 Å². The minimum atomic E-state index is -0.916. The van der Waals surface area contributed by atoms with Crippen LogP contribution < -0.4 is 0 Å². The van der Waals surface area contributed by atoms with E-state index in [2.05, 4.69) is 10.00 Å². The fraction of sp³-hybridized carbons (Fsp3) is 0.296. The molecule has 2 saturated heterocycles. The summed E-state index contributed by atoms with van der Waals surface area (Å²) in [5.41, 5.74) is 2.10. The normalized spacial score (nSPS) is 20.3. The number of halogens is 1. The molecule has 5 rings (SSSR count). The van der Waals surface area contributed by atoms with E-state index in [0.29, 0.717) is 36.6 Å². The third-order valence-electron chi connectivity index (χ3n) is 6.73. The van der Waals surface area contributed by atoms with Gasteiger partial charge in [-0.3, -0.25) is 14.5 Å². The van der Waals surface area contributed by atoms with Crippen LogP contribution in [0.3, 0.4) is 0 Å². The summed E-state index contributed by atoms with van der Waals surface area (Å²) in [5, 5.41) is 15.8. The molecule has 0 saturated carbocycles. The van der Waals surface area contributed by atoms with Crippen molar-refractivity contribution in [2.24, 2.45) is 0 Å². The van der Waals surface area contributed by atoms with Crippen LogP contribution in [0.4, 0.5) is 4.39 Å². The van der Waals surface area contributed by atoms with Crippen molar-refractivity contribution in [1.29, 1.82) is 0 Å². The number of aromatic nitrogens is 2. The number of benzene rings is 2. The van der Waals surface area contributed by atoms with Gasteiger partial charge in [-0.05, 0) is 36.8 Å². The Morgan fingerprint density at radius 3 is 2.56 bits per heavy atom. The zero-order chi connectivity index (χ0) is 25.2. The van der Waals surface area contributed by atoms with Crippen LogP contribution in [0.25, 0.3) is 11.4 Å². The van der Waals surface area contributed by atoms with Crippen LogP contribution in [0.1, 0.15) is 22.9 Å². The molecule has 8 nitrogen and oxygen atoms in total. The van der Waals surface area contributed by atoms with Crippen LogP contribution in [0.5, 0.6) is 0 Å². The number of aliphatic hydroxyl groups excluding tert-OH is 1. The highest BCUT2D eigenvalue weighted by atomic mass is 19.1. The fourth-order valence-electron chi connectivity index (χ4n) is 4.82. The lowest BCUT2D eigenvalue weighted by atomic mass is 9.95. The number of para-hydroxylation sites is 1. The Labute approximate surface area is 208 Å². The Morgan fingerprint density at radius 2 is 1.83 bits per heavy atom. The van der Waals surface area contributed by atoms with E-state index in [1.807, 2.05) is 30.3 Å². The number of likely N-dealkylation sites (tertiary alicyclic amines) is 1. The number of carbonyl (C=O) groups excluding carboxylic acids is 2. The first kappa shape index (κ1) is 23.9. The predicted molar refractivity (Wildman–Crippen MR) is 131 cm³/mol. The maximum absolute atomic E-state index is 14.2. The molecule has 2 aromatic carbocycles. The van der Waals surface area contributed by atoms with Crippen molar-refractivity contribution in [3.8, 4) is 5.69 Å². The van der Waals surface area contributed by atoms with Gasteiger partial charge in [0.15, 0.2) is 0 Å². The summed E-state index contributed by atoms with van der Waals surface area (Å²) in [6.07, 6.45) is 1.47. The van der Waals surface area contributed by atoms with Gasteiger partial charge < -0.3 is 14.7 Å². The van der Waals surface area contributed by atoms with Gasteiger partial charge in [0, 0.05) is 26.2 Å². The topological polar surface area (TPSA) is 87.9 Å². The van der Waals surface area contributed by atoms with E-state index >= 15 is 0 Å². The molecule has 2 fully saturated rings. The van der Waals surface area contributed by atoms with Gasteiger partial charge in [0.05, 0.1) is 48.0 Å². The largest absolute Gasteiger partial charge is 0.507 e. The van der Waals surface area contributed by atoms with Crippen LogP contribution in [0.2, 0.25) is 0 Å². The highest BCUT2D eigenvalue weighted by Crippen LogP contribution is 2.40. The van der Waals surface area contributed by atoms with Crippen molar-refractivity contribution >= 4 is 17.4 Å². The molecule has 0 unspecified atom stereocenters. The molecule has 0 aliphatic carbocycles. The summed E-state index contributed by atoms with van der Waals surface area (Å²) >= 11 is 0. The van der Waals surface area contributed by atoms with Crippen molar-refractivity contribution in [2.75, 3.05) is 39.4 Å². The average molecular weight is 491 g/mol. The Morgan fingerprint density at radius 1 is 1.08 bits per heavy atom. The second-order valence-corrected chi connectivity index (χ2v) is 8.89. The molecule has 1 N–H and O–H groups in total. The van der Waals surface area contributed by atoms with Gasteiger partial charge >= 0.3 is 0 Å². The third-order valence-corrected chi connectivity index (χ3v) is 6.73. The molecular formula is C27H27FN4O4. The Hall–Kier alpha value is -3.82. The quantitative estimate of drug-likeness (QED) is 0.325. The SMILES string of the molecule is Cc1c(/C(O)=C2\C(=O)C(=O)N(CCN3CCOCC3)[C@@H]2c2cccc(F)c2)cnn1-c1ccccc1. The van der Waals surface area contributed by atoms with Gasteiger partial charge in [0.25, 0.3) is 11.7 Å². The molecule has 2 aliphatic heterocycles. The number of carbonyl (C=O) groups is 2. The molecule has 9 heteroatoms. The van der Waals surface area contributed by atoms with Gasteiger partial charge in [-0.2, -0.15) is 5.10 Å². The molecule has 3 heterocycles. The fourth-order valence-corrected chi connectivity index (χ4v) is 4.82. The molecule has 186 valence electrons. The Kier molecular flexibility index (Phi) is 6.67. The first-order valence-electron chi connectivity index (χ1n) is 11.9. The minimum Gasteiger partial charge on any atom is -0.507 e. The minimum absolute atomic E-state index is 0.0664. The van der Waals surface area contributed by atoms with Crippen LogP contribution in [-0.2, 0) is 14.3 Å². The van der Waals surface area contributed by atoms with Gasteiger partial charge in [0.2, 0.25) is 0 Å². The van der Waals surface area contributed by atoms with E-state index in [0.717, 1.165) is 18.8 Å². The summed E-state index contributed by atoms with van der Waals surface area (Å²) in [4.78, 5) is 30.0. The second-order valence-electron chi connectivity index (χ2n) is 8.89. The molecule has 36 heavy (non-hydrogen) atoms. The van der Waals surface area contributed by atoms with Crippen molar-refractivity contribution in [1.82, 2.24) is 19.6 Å². The van der Waals surface area contributed by atoms with E-state index in [1.165, 1.54) is 29.3 Å². The number of amides is 1. The number of hydrogen-bond donors (Lipinski definition) is 1. The van der Waals surface area contributed by atoms with E-state index < -0.39 is 23.5 Å². The molecule has 3 aromatic rings. The average Bonchev–Trinajstić information content (AvgIpc) is 3.40. The van der Waals surface area contributed by atoms with Gasteiger partial charge in [-0.1, -0.05) is 30.3 Å². The van der Waals surface area contributed by atoms with Gasteiger partial charge in [-0.15, -0.1) is 0 Å². The number of Topliss-reactive ketones (excluding diaryl/α,β-unsaturated/α-hetero) is 1. The molecule has 0 spiro atoms. The van der Waals surface area contributed by atoms with Crippen LogP contribution in [-0.4, -0.2) is 75.8 Å². The summed E-state index contributed by atoms with van der Waals surface area (Å²) in [6.45, 7) is 5.24. The number of aliphatic hydroxyl groups is 1. The summed E-state index contributed by atoms with van der Waals surface area (Å²) in [5.74, 6) is -2.32. The summed E-state index contributed by atoms with van der Waals surface area (Å²) < 4.78 is 21.3. The lowest BCUT2D eigenvalue weighted by Gasteiger charge is -2.31. The highest BCUT2D eigenvalue weighted by molar-refractivity contribution is 6.46. The van der Waals surface area contributed by atoms with Crippen LogP contribution >= 0.6 is 0 Å². The summed E-state index contributed by atoms with van der Waals surface area (Å²) in [7, 11) is 0. The molecule has 1 atom stereocenters. The monoisotopic (exact) mass is 490 g/mol. The van der Waals surface area contributed by atoms with E-state index in [4.69, 9.17) is 4.74 Å². The molecular weight excluding hydrogens is 463 g/mol. The Balaban J connectivity index is 1.56. The van der Waals surface area contributed by atoms with Gasteiger partial charge in [0.1, 0.15) is 11.6 Å². The van der Waals surface area contributed by atoms with Crippen LogP contribution in [0.15, 0.2) is 66.4 Å². The second kappa shape index (κ2) is 10.0. The lowest BCUT2D eigenvalue weighted by molar-refractivity contribution is -0.140. The molecule has 2 aliphatic rings. The van der Waals surface area contributed by atoms with E-state index in [1.54, 1.807) is 17.7 Å². The first-order valence-corrected chi connectivity index (χ1v) is 11.9. The molecule has 1 aromatic heterocycles. The van der Waals surface area contributed by atoms with Crippen molar-refractivity contribution in [3.63, 3.8) is 0 Å². The van der Waals surface area contributed by atoms with Gasteiger partial charge in [-0.25, -0.2) is 9.07 Å². The van der Waals surface area contributed by atoms with E-state index in [-0.39, 0.29) is 17.9 Å². The third kappa shape index (κ3) is 4.43. The van der Waals surface area contributed by atoms with Crippen molar-refractivity contribution in [2.45, 2.75) is 13.0 Å².